The fraction of sp³-hybridized carbons (Fsp3) is 0.500. The number of halogens is 1. The summed E-state index contributed by atoms with van der Waals surface area (Å²) in [5, 5.41) is 0. The predicted molar refractivity (Wildman–Crippen MR) is 58.4 cm³/mol. The Morgan fingerprint density at radius 3 is 2.75 bits per heavy atom. The average molecular weight is 225 g/mol. The number of hydrogen-bond acceptors (Lipinski definition) is 3. The molecule has 2 N–H and O–H groups in total. The molecule has 2 rings (SSSR count). The molecular weight excluding hydrogens is 209 g/mol. The van der Waals surface area contributed by atoms with Gasteiger partial charge in [0.1, 0.15) is 5.82 Å². The Kier molecular flexibility index (Phi) is 3.88. The molecule has 0 bridgehead atoms. The monoisotopic (exact) mass is 225 g/mol. The first-order valence-corrected chi connectivity index (χ1v) is 5.49. The summed E-state index contributed by atoms with van der Waals surface area (Å²) in [6.45, 7) is 1.21. The SMILES string of the molecule is NCCC1COC(Cc2ccc(F)cc2)O1. The molecule has 0 radical (unpaired) electrons. The molecular formula is C12H16FNO2. The molecule has 0 aromatic heterocycles. The Hall–Kier alpha value is -0.970. The molecule has 88 valence electrons. The van der Waals surface area contributed by atoms with Gasteiger partial charge in [-0.25, -0.2) is 4.39 Å². The van der Waals surface area contributed by atoms with Gasteiger partial charge in [-0.15, -0.1) is 0 Å². The third-order valence-electron chi connectivity index (χ3n) is 2.62. The lowest BCUT2D eigenvalue weighted by molar-refractivity contribution is -0.0563. The molecule has 1 aromatic carbocycles. The molecule has 0 spiro atoms. The van der Waals surface area contributed by atoms with Crippen molar-refractivity contribution in [2.24, 2.45) is 5.73 Å². The smallest absolute Gasteiger partial charge is 0.162 e. The minimum absolute atomic E-state index is 0.107. The molecule has 1 aliphatic rings. The van der Waals surface area contributed by atoms with Crippen LogP contribution in [0.25, 0.3) is 0 Å². The van der Waals surface area contributed by atoms with Gasteiger partial charge in [-0.2, -0.15) is 0 Å². The molecule has 1 fully saturated rings. The first-order valence-electron chi connectivity index (χ1n) is 5.49. The number of nitrogens with two attached hydrogens (primary N) is 1. The second-order valence-electron chi connectivity index (χ2n) is 3.93. The van der Waals surface area contributed by atoms with Crippen LogP contribution < -0.4 is 5.73 Å². The van der Waals surface area contributed by atoms with E-state index in [0.717, 1.165) is 12.0 Å². The van der Waals surface area contributed by atoms with E-state index in [0.29, 0.717) is 19.6 Å². The van der Waals surface area contributed by atoms with Crippen LogP contribution in [-0.2, 0) is 15.9 Å². The van der Waals surface area contributed by atoms with Gasteiger partial charge >= 0.3 is 0 Å². The number of ether oxygens (including phenoxy) is 2. The van der Waals surface area contributed by atoms with Gasteiger partial charge in [-0.1, -0.05) is 12.1 Å². The van der Waals surface area contributed by atoms with Gasteiger partial charge in [0.05, 0.1) is 12.7 Å². The van der Waals surface area contributed by atoms with Crippen molar-refractivity contribution in [1.29, 1.82) is 0 Å². The predicted octanol–water partition coefficient (Wildman–Crippen LogP) is 1.46. The minimum Gasteiger partial charge on any atom is -0.350 e. The Labute approximate surface area is 94.3 Å². The Morgan fingerprint density at radius 2 is 2.06 bits per heavy atom. The third-order valence-corrected chi connectivity index (χ3v) is 2.62. The van der Waals surface area contributed by atoms with Gasteiger partial charge in [-0.05, 0) is 30.7 Å². The van der Waals surface area contributed by atoms with Crippen molar-refractivity contribution >= 4 is 0 Å². The van der Waals surface area contributed by atoms with Gasteiger partial charge in [0, 0.05) is 6.42 Å². The van der Waals surface area contributed by atoms with E-state index < -0.39 is 0 Å². The fourth-order valence-electron chi connectivity index (χ4n) is 1.77. The lowest BCUT2D eigenvalue weighted by Gasteiger charge is -2.10. The Balaban J connectivity index is 1.84. The standard InChI is InChI=1S/C12H16FNO2/c13-10-3-1-9(2-4-10)7-12-15-8-11(16-12)5-6-14/h1-4,11-12H,5-8,14H2. The van der Waals surface area contributed by atoms with Crippen molar-refractivity contribution in [2.75, 3.05) is 13.2 Å². The molecule has 2 atom stereocenters. The second-order valence-corrected chi connectivity index (χ2v) is 3.93. The maximum atomic E-state index is 12.7. The van der Waals surface area contributed by atoms with Crippen molar-refractivity contribution < 1.29 is 13.9 Å². The molecule has 0 saturated carbocycles. The van der Waals surface area contributed by atoms with Crippen LogP contribution >= 0.6 is 0 Å². The van der Waals surface area contributed by atoms with Crippen molar-refractivity contribution in [2.45, 2.75) is 25.2 Å². The summed E-state index contributed by atoms with van der Waals surface area (Å²) < 4.78 is 23.8. The molecule has 2 unspecified atom stereocenters. The summed E-state index contributed by atoms with van der Waals surface area (Å²) in [6.07, 6.45) is 1.36. The summed E-state index contributed by atoms with van der Waals surface area (Å²) in [5.41, 5.74) is 6.46. The molecule has 1 aliphatic heterocycles. The second kappa shape index (κ2) is 5.39. The highest BCUT2D eigenvalue weighted by molar-refractivity contribution is 5.16. The van der Waals surface area contributed by atoms with Crippen LogP contribution in [0.4, 0.5) is 4.39 Å². The quantitative estimate of drug-likeness (QED) is 0.843. The van der Waals surface area contributed by atoms with Crippen LogP contribution in [0.1, 0.15) is 12.0 Å². The molecule has 4 heteroatoms. The van der Waals surface area contributed by atoms with Crippen molar-refractivity contribution in [3.05, 3.63) is 35.6 Å². The molecule has 1 aromatic rings. The first kappa shape index (κ1) is 11.5. The van der Waals surface area contributed by atoms with E-state index in [1.165, 1.54) is 12.1 Å². The van der Waals surface area contributed by atoms with Gasteiger partial charge in [0.15, 0.2) is 6.29 Å². The minimum atomic E-state index is -0.224. The van der Waals surface area contributed by atoms with E-state index in [1.54, 1.807) is 12.1 Å². The number of rotatable bonds is 4. The number of hydrogen-bond donors (Lipinski definition) is 1. The molecule has 3 nitrogen and oxygen atoms in total. The molecule has 1 heterocycles. The lowest BCUT2D eigenvalue weighted by Crippen LogP contribution is -2.17. The Morgan fingerprint density at radius 1 is 1.31 bits per heavy atom. The van der Waals surface area contributed by atoms with E-state index in [2.05, 4.69) is 0 Å². The highest BCUT2D eigenvalue weighted by atomic mass is 19.1. The fourth-order valence-corrected chi connectivity index (χ4v) is 1.77. The first-order chi connectivity index (χ1) is 7.78. The van der Waals surface area contributed by atoms with E-state index >= 15 is 0 Å². The summed E-state index contributed by atoms with van der Waals surface area (Å²) >= 11 is 0. The zero-order chi connectivity index (χ0) is 11.4. The van der Waals surface area contributed by atoms with Gasteiger partial charge in [0.25, 0.3) is 0 Å². The summed E-state index contributed by atoms with van der Waals surface area (Å²) in [7, 11) is 0. The highest BCUT2D eigenvalue weighted by Gasteiger charge is 2.25. The Bertz CT molecular complexity index is 328. The zero-order valence-corrected chi connectivity index (χ0v) is 9.06. The van der Waals surface area contributed by atoms with Gasteiger partial charge < -0.3 is 15.2 Å². The maximum Gasteiger partial charge on any atom is 0.162 e. The number of benzene rings is 1. The summed E-state index contributed by atoms with van der Waals surface area (Å²) in [6, 6.07) is 6.39. The van der Waals surface area contributed by atoms with Crippen LogP contribution in [0.2, 0.25) is 0 Å². The maximum absolute atomic E-state index is 12.7. The van der Waals surface area contributed by atoms with E-state index in [4.69, 9.17) is 15.2 Å². The van der Waals surface area contributed by atoms with Crippen molar-refractivity contribution in [3.63, 3.8) is 0 Å². The molecule has 0 aliphatic carbocycles. The molecule has 16 heavy (non-hydrogen) atoms. The van der Waals surface area contributed by atoms with Crippen LogP contribution in [0.3, 0.4) is 0 Å². The van der Waals surface area contributed by atoms with E-state index in [1.807, 2.05) is 0 Å². The van der Waals surface area contributed by atoms with Crippen LogP contribution in [0, 0.1) is 5.82 Å². The van der Waals surface area contributed by atoms with E-state index in [9.17, 15) is 4.39 Å². The third kappa shape index (κ3) is 3.01. The summed E-state index contributed by atoms with van der Waals surface area (Å²) in [5.74, 6) is -0.224. The lowest BCUT2D eigenvalue weighted by atomic mass is 10.1. The van der Waals surface area contributed by atoms with Crippen LogP contribution in [-0.4, -0.2) is 25.5 Å². The normalized spacial score (nSPS) is 24.9. The van der Waals surface area contributed by atoms with Gasteiger partial charge in [-0.3, -0.25) is 0 Å². The van der Waals surface area contributed by atoms with Crippen LogP contribution in [0.15, 0.2) is 24.3 Å². The van der Waals surface area contributed by atoms with Crippen LogP contribution in [0.5, 0.6) is 0 Å². The summed E-state index contributed by atoms with van der Waals surface area (Å²) in [4.78, 5) is 0. The molecule has 0 amide bonds. The zero-order valence-electron chi connectivity index (χ0n) is 9.06. The van der Waals surface area contributed by atoms with E-state index in [-0.39, 0.29) is 18.2 Å². The largest absolute Gasteiger partial charge is 0.350 e. The molecule has 1 saturated heterocycles. The van der Waals surface area contributed by atoms with Gasteiger partial charge in [0.2, 0.25) is 0 Å². The van der Waals surface area contributed by atoms with Crippen molar-refractivity contribution in [3.8, 4) is 0 Å². The van der Waals surface area contributed by atoms with Crippen molar-refractivity contribution in [1.82, 2.24) is 0 Å². The average Bonchev–Trinajstić information content (AvgIpc) is 2.70. The topological polar surface area (TPSA) is 44.5 Å². The highest BCUT2D eigenvalue weighted by Crippen LogP contribution is 2.18.